The van der Waals surface area contributed by atoms with Gasteiger partial charge in [-0.25, -0.2) is 0 Å². The Balaban J connectivity index is 1.86. The van der Waals surface area contributed by atoms with E-state index in [1.165, 1.54) is 119 Å². The van der Waals surface area contributed by atoms with Crippen LogP contribution in [0.25, 0.3) is 0 Å². The minimum atomic E-state index is 0.392. The number of likely N-dealkylation sites (tertiary alicyclic amines) is 2. The fourth-order valence-corrected chi connectivity index (χ4v) is 5.19. The second kappa shape index (κ2) is 10.9. The number of ether oxygens (including phenoxy) is 1. The van der Waals surface area contributed by atoms with E-state index in [9.17, 15) is 0 Å². The van der Waals surface area contributed by atoms with Gasteiger partial charge in [-0.2, -0.15) is 0 Å². The number of quaternary nitrogens is 2. The molecule has 25 heavy (non-hydrogen) atoms. The second-order valence-corrected chi connectivity index (χ2v) is 8.92. The first-order valence-electron chi connectivity index (χ1n) is 11.5. The predicted molar refractivity (Wildman–Crippen MR) is 108 cm³/mol. The van der Waals surface area contributed by atoms with Crippen LogP contribution >= 0.6 is 0 Å². The minimum absolute atomic E-state index is 0.392. The number of rotatable bonds is 11. The van der Waals surface area contributed by atoms with Gasteiger partial charge >= 0.3 is 0 Å². The van der Waals surface area contributed by atoms with Crippen LogP contribution in [0.3, 0.4) is 0 Å². The Labute approximate surface area is 157 Å². The van der Waals surface area contributed by atoms with Gasteiger partial charge in [0.15, 0.2) is 6.23 Å². The molecule has 1 atom stereocenters. The van der Waals surface area contributed by atoms with Crippen molar-refractivity contribution in [2.75, 3.05) is 52.4 Å². The lowest BCUT2D eigenvalue weighted by Gasteiger charge is -2.46. The van der Waals surface area contributed by atoms with Gasteiger partial charge in [-0.3, -0.25) is 4.48 Å². The zero-order valence-corrected chi connectivity index (χ0v) is 17.6. The number of nitrogens with zero attached hydrogens (tertiary/aromatic N) is 2. The molecule has 2 rings (SSSR count). The molecule has 0 aromatic heterocycles. The lowest BCUT2D eigenvalue weighted by atomic mass is 10.1. The highest BCUT2D eigenvalue weighted by atomic mass is 16.5. The summed E-state index contributed by atoms with van der Waals surface area (Å²) in [4.78, 5) is 0. The largest absolute Gasteiger partial charge is 0.324 e. The molecule has 2 fully saturated rings. The Hall–Kier alpha value is -0.120. The maximum absolute atomic E-state index is 6.55. The molecule has 2 aliphatic rings. The standard InChI is InChI=1S/C22H46N2O/c1-4-6-14-23(15-10-8-11-16-23)20-21-25-22(3)24(17-7-5-2)18-12-9-13-19-24/h22H,4-21H2,1-3H3/q+2. The molecule has 2 heterocycles. The van der Waals surface area contributed by atoms with Crippen LogP contribution in [0.4, 0.5) is 0 Å². The zero-order valence-electron chi connectivity index (χ0n) is 17.6. The molecule has 2 saturated heterocycles. The van der Waals surface area contributed by atoms with Crippen LogP contribution in [0.5, 0.6) is 0 Å². The Morgan fingerprint density at radius 1 is 0.720 bits per heavy atom. The highest BCUT2D eigenvalue weighted by molar-refractivity contribution is 4.58. The van der Waals surface area contributed by atoms with Crippen molar-refractivity contribution in [3.05, 3.63) is 0 Å². The summed E-state index contributed by atoms with van der Waals surface area (Å²) >= 11 is 0. The van der Waals surface area contributed by atoms with E-state index in [4.69, 9.17) is 4.74 Å². The van der Waals surface area contributed by atoms with Gasteiger partial charge in [0.05, 0.1) is 39.3 Å². The summed E-state index contributed by atoms with van der Waals surface area (Å²) < 4.78 is 9.13. The first-order chi connectivity index (χ1) is 12.2. The lowest BCUT2D eigenvalue weighted by molar-refractivity contribution is -0.976. The summed E-state index contributed by atoms with van der Waals surface area (Å²) in [5.41, 5.74) is 0. The van der Waals surface area contributed by atoms with Crippen molar-refractivity contribution in [1.29, 1.82) is 0 Å². The van der Waals surface area contributed by atoms with E-state index in [1.807, 2.05) is 0 Å². The Morgan fingerprint density at radius 2 is 1.28 bits per heavy atom. The number of piperidine rings is 2. The van der Waals surface area contributed by atoms with Gasteiger partial charge in [-0.15, -0.1) is 0 Å². The van der Waals surface area contributed by atoms with Crippen LogP contribution < -0.4 is 0 Å². The van der Waals surface area contributed by atoms with Crippen molar-refractivity contribution in [2.24, 2.45) is 0 Å². The normalized spacial score (nSPS) is 24.1. The van der Waals surface area contributed by atoms with Crippen LogP contribution in [0.15, 0.2) is 0 Å². The monoisotopic (exact) mass is 354 g/mol. The van der Waals surface area contributed by atoms with Crippen LogP contribution in [0.2, 0.25) is 0 Å². The molecule has 1 unspecified atom stereocenters. The van der Waals surface area contributed by atoms with Gasteiger partial charge in [-0.05, 0) is 51.4 Å². The molecule has 3 nitrogen and oxygen atoms in total. The van der Waals surface area contributed by atoms with Crippen LogP contribution in [0, 0.1) is 0 Å². The number of hydrogen-bond acceptors (Lipinski definition) is 1. The van der Waals surface area contributed by atoms with Gasteiger partial charge in [0.2, 0.25) is 0 Å². The third kappa shape index (κ3) is 6.22. The number of unbranched alkanes of at least 4 members (excludes halogenated alkanes) is 2. The van der Waals surface area contributed by atoms with Gasteiger partial charge in [0.1, 0.15) is 13.2 Å². The molecule has 148 valence electrons. The average molecular weight is 355 g/mol. The average Bonchev–Trinajstić information content (AvgIpc) is 2.66. The zero-order chi connectivity index (χ0) is 18.0. The molecule has 3 heteroatoms. The third-order valence-corrected chi connectivity index (χ3v) is 7.11. The molecule has 0 bridgehead atoms. The fourth-order valence-electron chi connectivity index (χ4n) is 5.19. The van der Waals surface area contributed by atoms with Gasteiger partial charge in [0.25, 0.3) is 0 Å². The van der Waals surface area contributed by atoms with Crippen molar-refractivity contribution in [2.45, 2.75) is 91.2 Å². The third-order valence-electron chi connectivity index (χ3n) is 7.11. The summed E-state index contributed by atoms with van der Waals surface area (Å²) in [5, 5.41) is 0. The molecule has 0 amide bonds. The van der Waals surface area contributed by atoms with E-state index < -0.39 is 0 Å². The first-order valence-corrected chi connectivity index (χ1v) is 11.5. The van der Waals surface area contributed by atoms with E-state index >= 15 is 0 Å². The SMILES string of the molecule is CCCC[N+]1(CCOC(C)[N+]2(CCCC)CCCCC2)CCCCC1. The van der Waals surface area contributed by atoms with Crippen molar-refractivity contribution in [1.82, 2.24) is 0 Å². The van der Waals surface area contributed by atoms with Gasteiger partial charge in [-0.1, -0.05) is 26.7 Å². The summed E-state index contributed by atoms with van der Waals surface area (Å²) in [7, 11) is 0. The highest BCUT2D eigenvalue weighted by Crippen LogP contribution is 2.25. The molecule has 0 aliphatic carbocycles. The quantitative estimate of drug-likeness (QED) is 0.477. The first kappa shape index (κ1) is 21.2. The summed E-state index contributed by atoms with van der Waals surface area (Å²) in [6, 6.07) is 0. The molecule has 0 N–H and O–H groups in total. The van der Waals surface area contributed by atoms with Crippen molar-refractivity contribution in [3.8, 4) is 0 Å². The van der Waals surface area contributed by atoms with Crippen molar-refractivity contribution < 1.29 is 13.7 Å². The van der Waals surface area contributed by atoms with Crippen LogP contribution in [-0.4, -0.2) is 67.6 Å². The fraction of sp³-hybridized carbons (Fsp3) is 1.00. The van der Waals surface area contributed by atoms with E-state index in [1.54, 1.807) is 0 Å². The Bertz CT molecular complexity index is 346. The van der Waals surface area contributed by atoms with Crippen LogP contribution in [0.1, 0.15) is 85.0 Å². The van der Waals surface area contributed by atoms with E-state index in [-0.39, 0.29) is 0 Å². The summed E-state index contributed by atoms with van der Waals surface area (Å²) in [6.07, 6.45) is 14.3. The van der Waals surface area contributed by atoms with E-state index in [0.29, 0.717) is 6.23 Å². The molecule has 0 aromatic carbocycles. The highest BCUT2D eigenvalue weighted by Gasteiger charge is 2.36. The molecule has 0 saturated carbocycles. The lowest BCUT2D eigenvalue weighted by Crippen LogP contribution is -2.59. The van der Waals surface area contributed by atoms with Gasteiger partial charge < -0.3 is 9.22 Å². The van der Waals surface area contributed by atoms with E-state index in [0.717, 1.165) is 6.61 Å². The van der Waals surface area contributed by atoms with Crippen LogP contribution in [-0.2, 0) is 4.74 Å². The Morgan fingerprint density at radius 3 is 1.88 bits per heavy atom. The van der Waals surface area contributed by atoms with E-state index in [2.05, 4.69) is 20.8 Å². The van der Waals surface area contributed by atoms with Crippen molar-refractivity contribution in [3.63, 3.8) is 0 Å². The maximum Gasteiger partial charge on any atom is 0.190 e. The topological polar surface area (TPSA) is 9.23 Å². The van der Waals surface area contributed by atoms with Gasteiger partial charge in [0, 0.05) is 6.92 Å². The molecule has 0 aromatic rings. The molecular formula is C22H46N2O+2. The summed E-state index contributed by atoms with van der Waals surface area (Å²) in [6.45, 7) is 17.4. The molecule has 0 spiro atoms. The minimum Gasteiger partial charge on any atom is -0.324 e. The maximum atomic E-state index is 6.55. The molecule has 2 aliphatic heterocycles. The summed E-state index contributed by atoms with van der Waals surface area (Å²) in [5.74, 6) is 0. The predicted octanol–water partition coefficient (Wildman–Crippen LogP) is 4.95. The molecular weight excluding hydrogens is 308 g/mol. The second-order valence-electron chi connectivity index (χ2n) is 8.92. The Kier molecular flexibility index (Phi) is 9.23. The number of hydrogen-bond donors (Lipinski definition) is 0. The smallest absolute Gasteiger partial charge is 0.190 e. The molecule has 0 radical (unpaired) electrons. The van der Waals surface area contributed by atoms with Crippen molar-refractivity contribution >= 4 is 0 Å².